The van der Waals surface area contributed by atoms with Gasteiger partial charge in [0, 0.05) is 62.3 Å². The van der Waals surface area contributed by atoms with Crippen LogP contribution in [0.5, 0.6) is 0 Å². The highest BCUT2D eigenvalue weighted by Crippen LogP contribution is 2.34. The summed E-state index contributed by atoms with van der Waals surface area (Å²) in [7, 11) is -4.27. The SMILES string of the molecule is Cl.N#Cc1cnc(-c2ccc(C(F)(F)F)cc2)cc1CCC(=O)[C@@H]1C[C@@H](F)CN1.N#Cc1cnc(-c2ccc(C(F)(F)F)cc2)cc1CCC(=O)[C@@H]1C[C@@H](F)CN1S(=O)(=O)c1ccc(F)cc1. The first-order valence-electron chi connectivity index (χ1n) is 20.2. The third-order valence-electron chi connectivity index (χ3n) is 11.0. The van der Waals surface area contributed by atoms with Crippen molar-refractivity contribution < 1.29 is 57.5 Å². The number of Topliss-reactive ketones (excluding diaryl/α,β-unsaturated/α-hetero) is 2. The molecule has 3 aromatic carbocycles. The van der Waals surface area contributed by atoms with E-state index in [0.29, 0.717) is 33.5 Å². The second-order valence-electron chi connectivity index (χ2n) is 15.4. The van der Waals surface area contributed by atoms with Gasteiger partial charge in [0.15, 0.2) is 5.78 Å². The third-order valence-corrected chi connectivity index (χ3v) is 12.9. The lowest BCUT2D eigenvalue weighted by molar-refractivity contribution is -0.138. The standard InChI is InChI=1S/C26H20F5N3O3S.C20H17F4N3O.ClH/c27-20-6-8-22(9-7-20)38(36,37)34-15-21(28)12-24(34)25(35)10-3-17-11-23(33-14-18(17)13-32)16-1-4-19(5-2-16)26(29,30)31;21-16-8-18(27-11-16)19(28)6-3-13-7-17(26-10-14(13)9-25)12-1-4-15(5-2-12)20(22,23)24;/h1-2,4-9,11,14,21,24H,3,10,12,15H2;1-2,4-5,7,10,16,18,27H,3,6,8,11H2;1H/t21-,24+;16-,18+;/m11./s1. The van der Waals surface area contributed by atoms with E-state index in [2.05, 4.69) is 15.3 Å². The Morgan fingerprint density at radius 1 is 0.701 bits per heavy atom. The van der Waals surface area contributed by atoms with Gasteiger partial charge in [-0.25, -0.2) is 21.6 Å². The minimum atomic E-state index is -4.50. The number of aromatic nitrogens is 2. The molecule has 67 heavy (non-hydrogen) atoms. The molecule has 2 fully saturated rings. The fraction of sp³-hybridized carbons (Fsp3) is 0.304. The lowest BCUT2D eigenvalue weighted by Crippen LogP contribution is -2.40. The molecular formula is C46H38ClF9N6O4S. The van der Waals surface area contributed by atoms with Crippen molar-refractivity contribution >= 4 is 34.0 Å². The molecule has 0 aliphatic carbocycles. The molecule has 0 amide bonds. The Morgan fingerprint density at radius 3 is 1.58 bits per heavy atom. The maximum absolute atomic E-state index is 14.3. The van der Waals surface area contributed by atoms with Gasteiger partial charge in [-0.05, 0) is 84.6 Å². The Labute approximate surface area is 384 Å². The van der Waals surface area contributed by atoms with E-state index in [1.807, 2.05) is 12.1 Å². The lowest BCUT2D eigenvalue weighted by atomic mass is 9.98. The maximum Gasteiger partial charge on any atom is 0.416 e. The van der Waals surface area contributed by atoms with Gasteiger partial charge in [0.2, 0.25) is 10.0 Å². The monoisotopic (exact) mass is 976 g/mol. The molecule has 1 N–H and O–H groups in total. The Morgan fingerprint density at radius 2 is 1.16 bits per heavy atom. The summed E-state index contributed by atoms with van der Waals surface area (Å²) in [6.45, 7) is -0.361. The van der Waals surface area contributed by atoms with E-state index < -0.39 is 76.1 Å². The van der Waals surface area contributed by atoms with Crippen LogP contribution in [0.2, 0.25) is 0 Å². The number of hydrogen-bond donors (Lipinski definition) is 1. The van der Waals surface area contributed by atoms with Crippen molar-refractivity contribution in [2.45, 2.75) is 80.2 Å². The summed E-state index contributed by atoms with van der Waals surface area (Å²) >= 11 is 0. The molecule has 352 valence electrons. The summed E-state index contributed by atoms with van der Waals surface area (Å²) in [6.07, 6.45) is -8.94. The summed E-state index contributed by atoms with van der Waals surface area (Å²) in [5.74, 6) is -1.34. The molecular weight excluding hydrogens is 939 g/mol. The van der Waals surface area contributed by atoms with Crippen LogP contribution in [0.4, 0.5) is 39.5 Å². The van der Waals surface area contributed by atoms with Gasteiger partial charge in [-0.1, -0.05) is 24.3 Å². The van der Waals surface area contributed by atoms with Gasteiger partial charge < -0.3 is 5.32 Å². The average Bonchev–Trinajstić information content (AvgIpc) is 3.93. The fourth-order valence-corrected chi connectivity index (χ4v) is 9.08. The predicted octanol–water partition coefficient (Wildman–Crippen LogP) is 9.34. The van der Waals surface area contributed by atoms with Crippen LogP contribution in [0.15, 0.2) is 102 Å². The zero-order valence-corrected chi connectivity index (χ0v) is 36.4. The van der Waals surface area contributed by atoms with Crippen LogP contribution in [0.1, 0.15) is 59.1 Å². The number of ketones is 2. The second kappa shape index (κ2) is 21.6. The van der Waals surface area contributed by atoms with Crippen molar-refractivity contribution in [1.29, 1.82) is 10.5 Å². The molecule has 0 saturated carbocycles. The summed E-state index contributed by atoms with van der Waals surface area (Å²) in [5.41, 5.74) is 1.35. The summed E-state index contributed by atoms with van der Waals surface area (Å²) in [4.78, 5) is 33.3. The number of rotatable bonds is 12. The molecule has 0 radical (unpaired) electrons. The first-order chi connectivity index (χ1) is 31.2. The number of aryl methyl sites for hydroxylation is 2. The van der Waals surface area contributed by atoms with E-state index in [0.717, 1.165) is 52.8 Å². The Balaban J connectivity index is 0.000000258. The first kappa shape index (κ1) is 51.8. The van der Waals surface area contributed by atoms with Crippen LogP contribution in [-0.2, 0) is 44.8 Å². The number of carbonyl (C=O) groups excluding carboxylic acids is 2. The second-order valence-corrected chi connectivity index (χ2v) is 17.3. The van der Waals surface area contributed by atoms with Crippen molar-refractivity contribution in [3.63, 3.8) is 0 Å². The van der Waals surface area contributed by atoms with Crippen LogP contribution in [-0.4, -0.2) is 71.8 Å². The number of carbonyl (C=O) groups is 2. The van der Waals surface area contributed by atoms with Gasteiger partial charge in [-0.3, -0.25) is 19.6 Å². The summed E-state index contributed by atoms with van der Waals surface area (Å²) in [5, 5.41) is 21.5. The molecule has 10 nitrogen and oxygen atoms in total. The van der Waals surface area contributed by atoms with Crippen molar-refractivity contribution in [3.8, 4) is 34.7 Å². The van der Waals surface area contributed by atoms with Gasteiger partial charge in [0.25, 0.3) is 0 Å². The normalized spacial score (nSPS) is 18.5. The molecule has 21 heteroatoms. The number of nitriles is 2. The van der Waals surface area contributed by atoms with Gasteiger partial charge in [-0.15, -0.1) is 12.4 Å². The lowest BCUT2D eigenvalue weighted by Gasteiger charge is -2.23. The number of halogens is 10. The molecule has 2 saturated heterocycles. The largest absolute Gasteiger partial charge is 0.416 e. The van der Waals surface area contributed by atoms with E-state index >= 15 is 0 Å². The van der Waals surface area contributed by atoms with Crippen molar-refractivity contribution in [3.05, 3.63) is 137 Å². The number of sulfonamides is 1. The Hall–Kier alpha value is -6.19. The topological polar surface area (TPSA) is 157 Å². The molecule has 2 aliphatic heterocycles. The zero-order chi connectivity index (χ0) is 48.0. The average molecular weight is 977 g/mol. The molecule has 0 bridgehead atoms. The number of hydrogen-bond acceptors (Lipinski definition) is 9. The Bertz CT molecular complexity index is 2760. The molecule has 7 rings (SSSR count). The van der Waals surface area contributed by atoms with Gasteiger partial charge >= 0.3 is 12.4 Å². The highest BCUT2D eigenvalue weighted by Gasteiger charge is 2.44. The predicted molar refractivity (Wildman–Crippen MR) is 228 cm³/mol. The summed E-state index contributed by atoms with van der Waals surface area (Å²) in [6, 6.07) is 18.1. The van der Waals surface area contributed by atoms with E-state index in [-0.39, 0.29) is 79.4 Å². The third kappa shape index (κ3) is 12.8. The molecule has 0 spiro atoms. The highest BCUT2D eigenvalue weighted by atomic mass is 35.5. The maximum atomic E-state index is 14.3. The van der Waals surface area contributed by atoms with Crippen LogP contribution >= 0.6 is 12.4 Å². The summed E-state index contributed by atoms with van der Waals surface area (Å²) < 4.78 is 144. The first-order valence-corrected chi connectivity index (χ1v) is 21.6. The highest BCUT2D eigenvalue weighted by molar-refractivity contribution is 7.89. The van der Waals surface area contributed by atoms with Crippen LogP contribution < -0.4 is 5.32 Å². The number of pyridine rings is 2. The molecule has 4 atom stereocenters. The van der Waals surface area contributed by atoms with E-state index in [4.69, 9.17) is 0 Å². The van der Waals surface area contributed by atoms with Gasteiger partial charge in [0.1, 0.15) is 36.1 Å². The smallest absolute Gasteiger partial charge is 0.304 e. The molecule has 2 aromatic heterocycles. The molecule has 4 heterocycles. The van der Waals surface area contributed by atoms with Gasteiger partial charge in [0.05, 0.1) is 50.6 Å². The number of alkyl halides is 8. The minimum absolute atomic E-state index is 0. The van der Waals surface area contributed by atoms with E-state index in [1.165, 1.54) is 42.7 Å². The fourth-order valence-electron chi connectivity index (χ4n) is 7.44. The number of nitrogens with zero attached hydrogens (tertiary/aromatic N) is 5. The minimum Gasteiger partial charge on any atom is -0.304 e. The van der Waals surface area contributed by atoms with E-state index in [9.17, 15) is 68.0 Å². The van der Waals surface area contributed by atoms with E-state index in [1.54, 1.807) is 6.07 Å². The van der Waals surface area contributed by atoms with Crippen LogP contribution in [0, 0.1) is 28.5 Å². The van der Waals surface area contributed by atoms with Gasteiger partial charge in [-0.2, -0.15) is 41.2 Å². The quantitative estimate of drug-likeness (QED) is 0.120. The van der Waals surface area contributed by atoms with Crippen molar-refractivity contribution in [2.24, 2.45) is 0 Å². The molecule has 0 unspecified atom stereocenters. The van der Waals surface area contributed by atoms with Crippen LogP contribution in [0.25, 0.3) is 22.5 Å². The molecule has 5 aromatic rings. The molecule has 2 aliphatic rings. The number of nitrogens with one attached hydrogen (secondary N) is 1. The van der Waals surface area contributed by atoms with Crippen molar-refractivity contribution in [2.75, 3.05) is 13.1 Å². The van der Waals surface area contributed by atoms with Crippen molar-refractivity contribution in [1.82, 2.24) is 19.6 Å². The number of benzene rings is 3. The Kier molecular flexibility index (Phi) is 16.7. The van der Waals surface area contributed by atoms with Crippen LogP contribution in [0.3, 0.4) is 0 Å². The zero-order valence-electron chi connectivity index (χ0n) is 34.8.